The largest absolute Gasteiger partial charge is 0.456 e. The lowest BCUT2D eigenvalue weighted by atomic mass is 10.1. The molecule has 28 heavy (non-hydrogen) atoms. The molecule has 0 unspecified atom stereocenters. The summed E-state index contributed by atoms with van der Waals surface area (Å²) >= 11 is 5.75. The van der Waals surface area contributed by atoms with Gasteiger partial charge in [0, 0.05) is 12.1 Å². The van der Waals surface area contributed by atoms with Crippen LogP contribution in [0.15, 0.2) is 36.4 Å². The molecule has 0 bridgehead atoms. The lowest BCUT2D eigenvalue weighted by Gasteiger charge is -2.12. The molecule has 2 rings (SSSR count). The second-order valence-corrected chi connectivity index (χ2v) is 6.86. The van der Waals surface area contributed by atoms with Crippen LogP contribution in [0.2, 0.25) is 5.02 Å². The number of alkyl halides is 3. The predicted octanol–water partition coefficient (Wildman–Crippen LogP) is 2.99. The number of nitro groups is 1. The monoisotopic (exact) mass is 439 g/mol. The zero-order chi connectivity index (χ0) is 21.3. The molecule has 1 amide bonds. The van der Waals surface area contributed by atoms with Crippen molar-refractivity contribution in [1.29, 1.82) is 0 Å². The zero-order valence-electron chi connectivity index (χ0n) is 13.4. The van der Waals surface area contributed by atoms with Gasteiger partial charge in [0.2, 0.25) is 0 Å². The molecule has 0 aromatic heterocycles. The highest BCUT2D eigenvalue weighted by Gasteiger charge is 2.31. The molecule has 0 atom stereocenters. The van der Waals surface area contributed by atoms with Gasteiger partial charge in [0.1, 0.15) is 17.1 Å². The Morgan fingerprint density at radius 1 is 1.21 bits per heavy atom. The number of nitro benzene ring substituents is 1. The maximum Gasteiger partial charge on any atom is 0.416 e. The fourth-order valence-electron chi connectivity index (χ4n) is 1.99. The van der Waals surface area contributed by atoms with Crippen molar-refractivity contribution in [2.75, 3.05) is 0 Å². The van der Waals surface area contributed by atoms with Crippen molar-refractivity contribution in [2.45, 2.75) is 6.18 Å². The number of carbonyl (C=O) groups excluding carboxylic acids is 1. The van der Waals surface area contributed by atoms with Gasteiger partial charge in [0.15, 0.2) is 0 Å². The van der Waals surface area contributed by atoms with Crippen molar-refractivity contribution in [3.05, 3.63) is 62.7 Å². The van der Waals surface area contributed by atoms with Gasteiger partial charge in [-0.25, -0.2) is 9.86 Å². The smallest absolute Gasteiger partial charge is 0.416 e. The van der Waals surface area contributed by atoms with Crippen LogP contribution in [0.3, 0.4) is 0 Å². The number of hydrogen-bond acceptors (Lipinski definition) is 6. The molecule has 0 radical (unpaired) electrons. The summed E-state index contributed by atoms with van der Waals surface area (Å²) in [7, 11) is -4.50. The quantitative estimate of drug-likeness (QED) is 0.541. The lowest BCUT2D eigenvalue weighted by molar-refractivity contribution is -0.385. The van der Waals surface area contributed by atoms with Crippen molar-refractivity contribution < 1.29 is 36.0 Å². The number of benzene rings is 2. The Kier molecular flexibility index (Phi) is 5.82. The molecule has 150 valence electrons. The van der Waals surface area contributed by atoms with Gasteiger partial charge >= 0.3 is 6.18 Å². The van der Waals surface area contributed by atoms with Crippen molar-refractivity contribution in [3.63, 3.8) is 0 Å². The van der Waals surface area contributed by atoms with E-state index in [9.17, 15) is 36.5 Å². The Labute approximate surface area is 160 Å². The van der Waals surface area contributed by atoms with E-state index in [4.69, 9.17) is 16.3 Å². The van der Waals surface area contributed by atoms with Gasteiger partial charge < -0.3 is 4.74 Å². The average Bonchev–Trinajstić information content (AvgIpc) is 2.54. The summed E-state index contributed by atoms with van der Waals surface area (Å²) in [6.45, 7) is 0. The average molecular weight is 440 g/mol. The number of rotatable bonds is 5. The van der Waals surface area contributed by atoms with Crippen LogP contribution >= 0.6 is 11.6 Å². The molecule has 2 aromatic carbocycles. The van der Waals surface area contributed by atoms with Crippen LogP contribution < -0.4 is 14.6 Å². The van der Waals surface area contributed by atoms with E-state index in [1.165, 1.54) is 4.72 Å². The standard InChI is InChI=1S/C14H9ClF3N3O6S/c15-10-5-7(14(16,17)18)1-4-12(10)27-8-2-3-11(21(23)24)9(6-8)13(22)20-28(19,25)26/h1-6H,(H,20,22)(H2,19,25,26). The minimum Gasteiger partial charge on any atom is -0.456 e. The second kappa shape index (κ2) is 7.61. The van der Waals surface area contributed by atoms with E-state index in [-0.39, 0.29) is 11.5 Å². The number of nitrogens with one attached hydrogen (secondary N) is 1. The highest BCUT2D eigenvalue weighted by molar-refractivity contribution is 7.87. The molecular weight excluding hydrogens is 431 g/mol. The van der Waals surface area contributed by atoms with E-state index in [2.05, 4.69) is 5.14 Å². The third kappa shape index (κ3) is 5.31. The summed E-state index contributed by atoms with van der Waals surface area (Å²) in [6.07, 6.45) is -4.63. The molecule has 14 heteroatoms. The maximum atomic E-state index is 12.7. The van der Waals surface area contributed by atoms with Crippen LogP contribution in [-0.2, 0) is 16.4 Å². The lowest BCUT2D eigenvalue weighted by Crippen LogP contribution is -2.36. The highest BCUT2D eigenvalue weighted by Crippen LogP contribution is 2.37. The summed E-state index contributed by atoms with van der Waals surface area (Å²) < 4.78 is 66.5. The normalized spacial score (nSPS) is 11.8. The third-order valence-electron chi connectivity index (χ3n) is 3.13. The summed E-state index contributed by atoms with van der Waals surface area (Å²) in [6, 6.07) is 4.91. The molecule has 3 N–H and O–H groups in total. The van der Waals surface area contributed by atoms with Gasteiger partial charge in [0.05, 0.1) is 15.5 Å². The fraction of sp³-hybridized carbons (Fsp3) is 0.0714. The summed E-state index contributed by atoms with van der Waals surface area (Å²) in [5.41, 5.74) is -2.49. The van der Waals surface area contributed by atoms with Crippen LogP contribution in [0, 0.1) is 10.1 Å². The van der Waals surface area contributed by atoms with Gasteiger partial charge in [-0.1, -0.05) is 11.6 Å². The van der Waals surface area contributed by atoms with Gasteiger partial charge in [-0.2, -0.15) is 21.6 Å². The molecule has 9 nitrogen and oxygen atoms in total. The summed E-state index contributed by atoms with van der Waals surface area (Å²) in [5.74, 6) is -1.87. The Morgan fingerprint density at radius 3 is 2.36 bits per heavy atom. The Bertz CT molecular complexity index is 1060. The second-order valence-electron chi connectivity index (χ2n) is 5.16. The molecule has 0 fully saturated rings. The minimum atomic E-state index is -4.63. The van der Waals surface area contributed by atoms with Gasteiger partial charge in [0.25, 0.3) is 21.8 Å². The number of hydrogen-bond donors (Lipinski definition) is 2. The number of nitrogens with zero attached hydrogens (tertiary/aromatic N) is 1. The number of ether oxygens (including phenoxy) is 1. The number of nitrogens with two attached hydrogens (primary N) is 1. The van der Waals surface area contributed by atoms with Crippen molar-refractivity contribution in [1.82, 2.24) is 4.72 Å². The topological polar surface area (TPSA) is 142 Å². The third-order valence-corrected chi connectivity index (χ3v) is 3.90. The first-order valence-corrected chi connectivity index (χ1v) is 8.88. The van der Waals surface area contributed by atoms with Crippen LogP contribution in [0.4, 0.5) is 18.9 Å². The van der Waals surface area contributed by atoms with Crippen LogP contribution in [0.25, 0.3) is 0 Å². The molecule has 0 spiro atoms. The highest BCUT2D eigenvalue weighted by atomic mass is 35.5. The molecule has 0 saturated carbocycles. The van der Waals surface area contributed by atoms with E-state index in [0.29, 0.717) is 12.1 Å². The molecule has 0 heterocycles. The zero-order valence-corrected chi connectivity index (χ0v) is 14.9. The minimum absolute atomic E-state index is 0.230. The van der Waals surface area contributed by atoms with E-state index in [0.717, 1.165) is 24.3 Å². The molecule has 0 aliphatic rings. The van der Waals surface area contributed by atoms with Gasteiger partial charge in [-0.3, -0.25) is 14.9 Å². The van der Waals surface area contributed by atoms with E-state index in [1.54, 1.807) is 0 Å². The first-order valence-electron chi connectivity index (χ1n) is 6.96. The van der Waals surface area contributed by atoms with Crippen molar-refractivity contribution in [2.24, 2.45) is 5.14 Å². The van der Waals surface area contributed by atoms with E-state index in [1.807, 2.05) is 0 Å². The van der Waals surface area contributed by atoms with Crippen molar-refractivity contribution >= 4 is 33.4 Å². The molecule has 0 saturated heterocycles. The Morgan fingerprint density at radius 2 is 1.86 bits per heavy atom. The van der Waals surface area contributed by atoms with Crippen LogP contribution in [0.5, 0.6) is 11.5 Å². The maximum absolute atomic E-state index is 12.7. The number of halogens is 4. The molecule has 0 aliphatic heterocycles. The van der Waals surface area contributed by atoms with E-state index >= 15 is 0 Å². The molecular formula is C14H9ClF3N3O6S. The first-order chi connectivity index (χ1) is 12.8. The number of amides is 1. The van der Waals surface area contributed by atoms with Gasteiger partial charge in [-0.15, -0.1) is 0 Å². The van der Waals surface area contributed by atoms with Gasteiger partial charge in [-0.05, 0) is 24.3 Å². The van der Waals surface area contributed by atoms with Crippen molar-refractivity contribution in [3.8, 4) is 11.5 Å². The Balaban J connectivity index is 2.41. The van der Waals surface area contributed by atoms with E-state index < -0.39 is 49.1 Å². The SMILES string of the molecule is NS(=O)(=O)NC(=O)c1cc(Oc2ccc(C(F)(F)F)cc2Cl)ccc1[N+](=O)[O-]. The Hall–Kier alpha value is -2.90. The molecule has 2 aromatic rings. The fourth-order valence-corrected chi connectivity index (χ4v) is 2.58. The first kappa shape index (κ1) is 21.4. The van der Waals surface area contributed by atoms with Crippen LogP contribution in [0.1, 0.15) is 15.9 Å². The number of carbonyl (C=O) groups is 1. The molecule has 0 aliphatic carbocycles. The predicted molar refractivity (Wildman–Crippen MR) is 90.2 cm³/mol. The summed E-state index contributed by atoms with van der Waals surface area (Å²) in [4.78, 5) is 22.0. The summed E-state index contributed by atoms with van der Waals surface area (Å²) in [5, 5.41) is 15.3. The van der Waals surface area contributed by atoms with Crippen LogP contribution in [-0.4, -0.2) is 19.2 Å².